The Bertz CT molecular complexity index is 647. The summed E-state index contributed by atoms with van der Waals surface area (Å²) in [7, 11) is 1.28. The van der Waals surface area contributed by atoms with E-state index in [1.807, 2.05) is 18.2 Å². The molecule has 0 aliphatic heterocycles. The summed E-state index contributed by atoms with van der Waals surface area (Å²) in [5, 5.41) is 9.90. The van der Waals surface area contributed by atoms with Crippen molar-refractivity contribution in [2.24, 2.45) is 0 Å². The van der Waals surface area contributed by atoms with Gasteiger partial charge in [0.2, 0.25) is 0 Å². The van der Waals surface area contributed by atoms with E-state index in [2.05, 4.69) is 4.74 Å². The molecule has 0 unspecified atom stereocenters. The van der Waals surface area contributed by atoms with Crippen LogP contribution in [0.1, 0.15) is 32.7 Å². The Morgan fingerprint density at radius 3 is 2.38 bits per heavy atom. The van der Waals surface area contributed by atoms with Gasteiger partial charge in [0, 0.05) is 12.0 Å². The number of aryl methyl sites for hydroxylation is 1. The van der Waals surface area contributed by atoms with Crippen LogP contribution in [-0.2, 0) is 11.2 Å². The largest absolute Gasteiger partial charge is 0.508 e. The Balaban J connectivity index is 2.04. The molecule has 0 heterocycles. The van der Waals surface area contributed by atoms with Crippen molar-refractivity contribution in [3.63, 3.8) is 0 Å². The van der Waals surface area contributed by atoms with Gasteiger partial charge < -0.3 is 9.84 Å². The lowest BCUT2D eigenvalue weighted by molar-refractivity contribution is 0.0600. The second kappa shape index (κ2) is 6.70. The van der Waals surface area contributed by atoms with Crippen molar-refractivity contribution in [3.8, 4) is 5.75 Å². The highest BCUT2D eigenvalue weighted by Crippen LogP contribution is 2.21. The van der Waals surface area contributed by atoms with E-state index < -0.39 is 5.97 Å². The van der Waals surface area contributed by atoms with Crippen LogP contribution < -0.4 is 0 Å². The number of esters is 1. The number of hydrogen-bond donors (Lipinski definition) is 1. The molecular weight excluding hydrogens is 268 g/mol. The van der Waals surface area contributed by atoms with Crippen molar-refractivity contribution in [3.05, 3.63) is 65.2 Å². The lowest BCUT2D eigenvalue weighted by atomic mass is 10.0. The van der Waals surface area contributed by atoms with Crippen molar-refractivity contribution in [2.75, 3.05) is 7.11 Å². The topological polar surface area (TPSA) is 63.6 Å². The number of ketones is 1. The van der Waals surface area contributed by atoms with E-state index in [4.69, 9.17) is 0 Å². The quantitative estimate of drug-likeness (QED) is 0.677. The maximum Gasteiger partial charge on any atom is 0.337 e. The summed E-state index contributed by atoms with van der Waals surface area (Å²) in [5.41, 5.74) is 1.57. The number of phenolic OH excluding ortho intramolecular Hbond substituents is 1. The van der Waals surface area contributed by atoms with Crippen LogP contribution in [-0.4, -0.2) is 24.0 Å². The average Bonchev–Trinajstić information content (AvgIpc) is 2.53. The molecule has 0 bridgehead atoms. The zero-order valence-electron chi connectivity index (χ0n) is 11.7. The number of phenols is 1. The van der Waals surface area contributed by atoms with Gasteiger partial charge in [0.15, 0.2) is 5.78 Å². The Labute approximate surface area is 123 Å². The summed E-state index contributed by atoms with van der Waals surface area (Å²) in [5.74, 6) is -0.483. The third-order valence-electron chi connectivity index (χ3n) is 3.22. The number of benzene rings is 2. The number of carbonyl (C=O) groups excluding carboxylic acids is 2. The van der Waals surface area contributed by atoms with Crippen molar-refractivity contribution in [2.45, 2.75) is 12.8 Å². The minimum atomic E-state index is -0.503. The Hall–Kier alpha value is -2.62. The lowest BCUT2D eigenvalue weighted by Gasteiger charge is -2.06. The summed E-state index contributed by atoms with van der Waals surface area (Å²) >= 11 is 0. The number of ether oxygens (including phenoxy) is 1. The number of aromatic hydroxyl groups is 1. The van der Waals surface area contributed by atoms with E-state index in [1.54, 1.807) is 24.3 Å². The first-order chi connectivity index (χ1) is 10.1. The van der Waals surface area contributed by atoms with Crippen LogP contribution in [0.3, 0.4) is 0 Å². The molecule has 0 aliphatic rings. The second-order valence-electron chi connectivity index (χ2n) is 4.62. The molecule has 1 N–H and O–H groups in total. The first-order valence-corrected chi connectivity index (χ1v) is 6.60. The number of rotatable bonds is 5. The van der Waals surface area contributed by atoms with Gasteiger partial charge in [0.25, 0.3) is 0 Å². The fraction of sp³-hybridized carbons (Fsp3) is 0.176. The molecule has 0 aliphatic carbocycles. The molecule has 0 aromatic heterocycles. The number of methoxy groups -OCH3 is 1. The molecule has 2 aromatic rings. The first-order valence-electron chi connectivity index (χ1n) is 6.60. The number of Topliss-reactive ketones (excluding diaryl/α,β-unsaturated/α-hetero) is 1. The number of carbonyl (C=O) groups is 2. The van der Waals surface area contributed by atoms with E-state index in [1.165, 1.54) is 13.2 Å². The standard InChI is InChI=1S/C17H16O4/c1-21-17(20)14-8-7-13(16(19)11-14)9-10-15(18)12-5-3-2-4-6-12/h2-8,11,19H,9-10H2,1H3. The van der Waals surface area contributed by atoms with Gasteiger partial charge in [0.1, 0.15) is 5.75 Å². The molecule has 0 saturated carbocycles. The van der Waals surface area contributed by atoms with Crippen molar-refractivity contribution in [1.29, 1.82) is 0 Å². The normalized spacial score (nSPS) is 10.1. The SMILES string of the molecule is COC(=O)c1ccc(CCC(=O)c2ccccc2)c(O)c1. The van der Waals surface area contributed by atoms with Crippen LogP contribution in [0.25, 0.3) is 0 Å². The monoisotopic (exact) mass is 284 g/mol. The fourth-order valence-corrected chi connectivity index (χ4v) is 2.04. The Morgan fingerprint density at radius 2 is 1.76 bits per heavy atom. The van der Waals surface area contributed by atoms with Gasteiger partial charge in [-0.2, -0.15) is 0 Å². The van der Waals surface area contributed by atoms with E-state index in [-0.39, 0.29) is 17.1 Å². The maximum absolute atomic E-state index is 12.0. The third-order valence-corrected chi connectivity index (χ3v) is 3.22. The molecule has 0 saturated heterocycles. The fourth-order valence-electron chi connectivity index (χ4n) is 2.04. The minimum absolute atomic E-state index is 0.00115. The van der Waals surface area contributed by atoms with E-state index >= 15 is 0 Å². The predicted molar refractivity (Wildman–Crippen MR) is 78.5 cm³/mol. The van der Waals surface area contributed by atoms with Crippen LogP contribution in [0.2, 0.25) is 0 Å². The van der Waals surface area contributed by atoms with E-state index in [0.29, 0.717) is 24.0 Å². The van der Waals surface area contributed by atoms with Crippen LogP contribution in [0, 0.1) is 0 Å². The highest BCUT2D eigenvalue weighted by atomic mass is 16.5. The van der Waals surface area contributed by atoms with Crippen molar-refractivity contribution in [1.82, 2.24) is 0 Å². The van der Waals surface area contributed by atoms with Gasteiger partial charge in [0.05, 0.1) is 12.7 Å². The summed E-state index contributed by atoms with van der Waals surface area (Å²) in [4.78, 5) is 23.3. The van der Waals surface area contributed by atoms with E-state index in [0.717, 1.165) is 0 Å². The molecule has 0 atom stereocenters. The summed E-state index contributed by atoms with van der Waals surface area (Å²) < 4.78 is 4.58. The number of hydrogen-bond acceptors (Lipinski definition) is 4. The zero-order valence-corrected chi connectivity index (χ0v) is 11.7. The molecule has 2 aromatic carbocycles. The van der Waals surface area contributed by atoms with Gasteiger partial charge in [-0.05, 0) is 24.1 Å². The maximum atomic E-state index is 12.0. The molecule has 4 nitrogen and oxygen atoms in total. The molecule has 4 heteroatoms. The Kier molecular flexibility index (Phi) is 4.72. The van der Waals surface area contributed by atoms with Gasteiger partial charge in [-0.1, -0.05) is 36.4 Å². The van der Waals surface area contributed by atoms with Crippen molar-refractivity contribution < 1.29 is 19.4 Å². The van der Waals surface area contributed by atoms with Gasteiger partial charge in [-0.25, -0.2) is 4.79 Å². The summed E-state index contributed by atoms with van der Waals surface area (Å²) in [6, 6.07) is 13.6. The van der Waals surface area contributed by atoms with Crippen molar-refractivity contribution >= 4 is 11.8 Å². The predicted octanol–water partition coefficient (Wildman–Crippen LogP) is 2.99. The lowest BCUT2D eigenvalue weighted by Crippen LogP contribution is -2.03. The summed E-state index contributed by atoms with van der Waals surface area (Å²) in [6.45, 7) is 0. The molecule has 0 radical (unpaired) electrons. The Morgan fingerprint density at radius 1 is 1.05 bits per heavy atom. The molecular formula is C17H16O4. The highest BCUT2D eigenvalue weighted by Gasteiger charge is 2.11. The molecule has 108 valence electrons. The van der Waals surface area contributed by atoms with Crippen LogP contribution in [0.5, 0.6) is 5.75 Å². The molecule has 2 rings (SSSR count). The summed E-state index contributed by atoms with van der Waals surface area (Å²) in [6.07, 6.45) is 0.718. The van der Waals surface area contributed by atoms with Crippen LogP contribution in [0.4, 0.5) is 0 Å². The first kappa shape index (κ1) is 14.8. The van der Waals surface area contributed by atoms with Gasteiger partial charge in [-0.3, -0.25) is 4.79 Å². The molecule has 0 amide bonds. The van der Waals surface area contributed by atoms with E-state index in [9.17, 15) is 14.7 Å². The third kappa shape index (κ3) is 3.69. The smallest absolute Gasteiger partial charge is 0.337 e. The van der Waals surface area contributed by atoms with Gasteiger partial charge >= 0.3 is 5.97 Å². The molecule has 0 spiro atoms. The molecule has 21 heavy (non-hydrogen) atoms. The van der Waals surface area contributed by atoms with Crippen LogP contribution >= 0.6 is 0 Å². The average molecular weight is 284 g/mol. The van der Waals surface area contributed by atoms with Crippen LogP contribution in [0.15, 0.2) is 48.5 Å². The van der Waals surface area contributed by atoms with Gasteiger partial charge in [-0.15, -0.1) is 0 Å². The molecule has 0 fully saturated rings. The minimum Gasteiger partial charge on any atom is -0.508 e. The zero-order chi connectivity index (χ0) is 15.2. The second-order valence-corrected chi connectivity index (χ2v) is 4.62. The highest BCUT2D eigenvalue weighted by molar-refractivity contribution is 5.96.